The molecule has 0 aliphatic rings. The van der Waals surface area contributed by atoms with Crippen molar-refractivity contribution >= 4 is 10.1 Å². The predicted octanol–water partition coefficient (Wildman–Crippen LogP) is 3.78. The molecule has 112 valence electrons. The molecule has 2 rings (SSSR count). The number of benzene rings is 2. The lowest BCUT2D eigenvalue weighted by Crippen LogP contribution is -2.17. The van der Waals surface area contributed by atoms with Crippen LogP contribution in [-0.4, -0.2) is 8.42 Å². The molecule has 0 radical (unpaired) electrons. The minimum Gasteiger partial charge on any atom is -0.379 e. The highest BCUT2D eigenvalue weighted by Gasteiger charge is 2.37. The summed E-state index contributed by atoms with van der Waals surface area (Å²) in [6, 6.07) is 9.95. The van der Waals surface area contributed by atoms with E-state index in [1.807, 2.05) is 0 Å². The van der Waals surface area contributed by atoms with Crippen molar-refractivity contribution in [2.75, 3.05) is 0 Å². The number of hydrogen-bond acceptors (Lipinski definition) is 3. The van der Waals surface area contributed by atoms with Gasteiger partial charge in [-0.15, -0.1) is 0 Å². The van der Waals surface area contributed by atoms with Crippen molar-refractivity contribution in [3.8, 4) is 5.75 Å². The van der Waals surface area contributed by atoms with Gasteiger partial charge < -0.3 is 4.18 Å². The van der Waals surface area contributed by atoms with Gasteiger partial charge >= 0.3 is 16.3 Å². The highest BCUT2D eigenvalue weighted by molar-refractivity contribution is 7.87. The van der Waals surface area contributed by atoms with Crippen LogP contribution in [0.15, 0.2) is 53.4 Å². The summed E-state index contributed by atoms with van der Waals surface area (Å²) >= 11 is 0. The second-order valence-electron chi connectivity index (χ2n) is 4.35. The average molecular weight is 316 g/mol. The second kappa shape index (κ2) is 5.40. The van der Waals surface area contributed by atoms with Gasteiger partial charge in [0.25, 0.3) is 0 Å². The maximum absolute atomic E-state index is 12.9. The molecule has 7 heteroatoms. The van der Waals surface area contributed by atoms with Gasteiger partial charge in [0.15, 0.2) is 0 Å². The normalized spacial score (nSPS) is 12.2. The van der Waals surface area contributed by atoms with E-state index in [0.717, 1.165) is 17.7 Å². The minimum absolute atomic E-state index is 0.0352. The Balaban J connectivity index is 2.46. The predicted molar refractivity (Wildman–Crippen MR) is 70.4 cm³/mol. The minimum atomic E-state index is -4.78. The molecule has 0 aromatic heterocycles. The fourth-order valence-electron chi connectivity index (χ4n) is 1.76. The van der Waals surface area contributed by atoms with Crippen molar-refractivity contribution in [1.82, 2.24) is 0 Å². The van der Waals surface area contributed by atoms with E-state index in [1.165, 1.54) is 18.2 Å². The van der Waals surface area contributed by atoms with Gasteiger partial charge in [-0.2, -0.15) is 21.6 Å². The van der Waals surface area contributed by atoms with Crippen molar-refractivity contribution in [1.29, 1.82) is 0 Å². The van der Waals surface area contributed by atoms with E-state index in [1.54, 1.807) is 19.1 Å². The van der Waals surface area contributed by atoms with Gasteiger partial charge in [0.2, 0.25) is 0 Å². The van der Waals surface area contributed by atoms with Crippen LogP contribution in [0.1, 0.15) is 11.1 Å². The standard InChI is InChI=1S/C14H11F3O3S/c1-10-5-4-6-11(9-10)20-21(18,19)13-8-3-2-7-12(13)14(15,16)17/h2-9H,1H3. The van der Waals surface area contributed by atoms with Crippen LogP contribution in [-0.2, 0) is 16.3 Å². The highest BCUT2D eigenvalue weighted by Crippen LogP contribution is 2.34. The van der Waals surface area contributed by atoms with Crippen LogP contribution >= 0.6 is 0 Å². The molecule has 0 N–H and O–H groups in total. The second-order valence-corrected chi connectivity index (χ2v) is 5.86. The Morgan fingerprint density at radius 2 is 1.67 bits per heavy atom. The average Bonchev–Trinajstić information content (AvgIpc) is 2.37. The van der Waals surface area contributed by atoms with E-state index in [0.29, 0.717) is 6.07 Å². The molecular formula is C14H11F3O3S. The van der Waals surface area contributed by atoms with E-state index in [-0.39, 0.29) is 5.75 Å². The topological polar surface area (TPSA) is 43.4 Å². The Hall–Kier alpha value is -2.02. The van der Waals surface area contributed by atoms with Crippen LogP contribution in [0.5, 0.6) is 5.75 Å². The van der Waals surface area contributed by atoms with E-state index in [2.05, 4.69) is 0 Å². The summed E-state index contributed by atoms with van der Waals surface area (Å²) in [5.74, 6) is -0.0352. The van der Waals surface area contributed by atoms with Gasteiger partial charge in [-0.25, -0.2) is 0 Å². The number of hydrogen-bond donors (Lipinski definition) is 0. The Bertz CT molecular complexity index is 752. The Morgan fingerprint density at radius 1 is 1.00 bits per heavy atom. The summed E-state index contributed by atoms with van der Waals surface area (Å²) in [7, 11) is -4.56. The molecule has 2 aromatic carbocycles. The first-order chi connectivity index (χ1) is 9.70. The third kappa shape index (κ3) is 3.55. The van der Waals surface area contributed by atoms with Gasteiger partial charge in [0, 0.05) is 0 Å². The Labute approximate surface area is 120 Å². The molecule has 2 aromatic rings. The first-order valence-electron chi connectivity index (χ1n) is 5.87. The number of alkyl halides is 3. The largest absolute Gasteiger partial charge is 0.417 e. The number of halogens is 3. The molecule has 3 nitrogen and oxygen atoms in total. The molecule has 0 saturated heterocycles. The molecule has 0 aliphatic carbocycles. The molecule has 0 aliphatic heterocycles. The Kier molecular flexibility index (Phi) is 3.95. The third-order valence-electron chi connectivity index (χ3n) is 2.66. The van der Waals surface area contributed by atoms with Crippen LogP contribution in [0.3, 0.4) is 0 Å². The summed E-state index contributed by atoms with van der Waals surface area (Å²) in [4.78, 5) is -0.904. The molecule has 21 heavy (non-hydrogen) atoms. The third-order valence-corrected chi connectivity index (χ3v) is 3.96. The molecule has 0 heterocycles. The summed E-state index contributed by atoms with van der Waals surface area (Å²) < 4.78 is 67.5. The zero-order valence-corrected chi connectivity index (χ0v) is 11.7. The first-order valence-corrected chi connectivity index (χ1v) is 7.28. The number of aryl methyl sites for hydroxylation is 1. The van der Waals surface area contributed by atoms with Gasteiger partial charge in [-0.05, 0) is 36.8 Å². The van der Waals surface area contributed by atoms with Gasteiger partial charge in [0.05, 0.1) is 5.56 Å². The van der Waals surface area contributed by atoms with Crippen LogP contribution in [0.4, 0.5) is 13.2 Å². The maximum atomic E-state index is 12.9. The zero-order valence-electron chi connectivity index (χ0n) is 10.9. The first kappa shape index (κ1) is 15.4. The van der Waals surface area contributed by atoms with Crippen molar-refractivity contribution < 1.29 is 25.8 Å². The summed E-state index contributed by atoms with van der Waals surface area (Å²) in [5, 5.41) is 0. The van der Waals surface area contributed by atoms with Gasteiger partial charge in [-0.3, -0.25) is 0 Å². The fourth-order valence-corrected chi connectivity index (χ4v) is 2.90. The quantitative estimate of drug-likeness (QED) is 0.809. The monoisotopic (exact) mass is 316 g/mol. The van der Waals surface area contributed by atoms with Crippen molar-refractivity contribution in [2.24, 2.45) is 0 Å². The fraction of sp³-hybridized carbons (Fsp3) is 0.143. The van der Waals surface area contributed by atoms with Crippen LogP contribution in [0, 0.1) is 6.92 Å². The van der Waals surface area contributed by atoms with E-state index >= 15 is 0 Å². The van der Waals surface area contributed by atoms with Crippen molar-refractivity contribution in [2.45, 2.75) is 18.0 Å². The maximum Gasteiger partial charge on any atom is 0.417 e. The van der Waals surface area contributed by atoms with E-state index < -0.39 is 26.8 Å². The molecule has 0 unspecified atom stereocenters. The Morgan fingerprint density at radius 3 is 2.29 bits per heavy atom. The van der Waals surface area contributed by atoms with Crippen LogP contribution < -0.4 is 4.18 Å². The molecular weight excluding hydrogens is 305 g/mol. The smallest absolute Gasteiger partial charge is 0.379 e. The lowest BCUT2D eigenvalue weighted by atomic mass is 10.2. The van der Waals surface area contributed by atoms with Crippen LogP contribution in [0.25, 0.3) is 0 Å². The molecule has 0 atom stereocenters. The van der Waals surface area contributed by atoms with Crippen molar-refractivity contribution in [3.63, 3.8) is 0 Å². The number of rotatable bonds is 3. The van der Waals surface area contributed by atoms with Gasteiger partial charge in [-0.1, -0.05) is 24.3 Å². The van der Waals surface area contributed by atoms with E-state index in [9.17, 15) is 21.6 Å². The highest BCUT2D eigenvalue weighted by atomic mass is 32.2. The molecule has 0 saturated carbocycles. The summed E-state index contributed by atoms with van der Waals surface area (Å²) in [6.07, 6.45) is -4.78. The van der Waals surface area contributed by atoms with E-state index in [4.69, 9.17) is 4.18 Å². The SMILES string of the molecule is Cc1cccc(OS(=O)(=O)c2ccccc2C(F)(F)F)c1. The summed E-state index contributed by atoms with van der Waals surface area (Å²) in [5.41, 5.74) is -0.524. The molecule has 0 amide bonds. The molecule has 0 bridgehead atoms. The molecule has 0 fully saturated rings. The van der Waals surface area contributed by atoms with Crippen LogP contribution in [0.2, 0.25) is 0 Å². The molecule has 0 spiro atoms. The lowest BCUT2D eigenvalue weighted by Gasteiger charge is -2.13. The van der Waals surface area contributed by atoms with Crippen molar-refractivity contribution in [3.05, 3.63) is 59.7 Å². The summed E-state index contributed by atoms with van der Waals surface area (Å²) in [6.45, 7) is 1.71. The van der Waals surface area contributed by atoms with Gasteiger partial charge in [0.1, 0.15) is 10.6 Å². The zero-order chi connectivity index (χ0) is 15.7. The lowest BCUT2D eigenvalue weighted by molar-refractivity contribution is -0.139.